The van der Waals surface area contributed by atoms with Crippen molar-refractivity contribution >= 4 is 0 Å². The molecule has 0 aromatic carbocycles. The van der Waals surface area contributed by atoms with Crippen molar-refractivity contribution in [2.75, 3.05) is 0 Å². The highest BCUT2D eigenvalue weighted by atomic mass is 16.5. The molecule has 2 aromatic rings. The third kappa shape index (κ3) is 2.68. The summed E-state index contributed by atoms with van der Waals surface area (Å²) >= 11 is 0. The molecule has 0 unspecified atom stereocenters. The zero-order valence-corrected chi connectivity index (χ0v) is 12.2. The summed E-state index contributed by atoms with van der Waals surface area (Å²) in [7, 11) is 0. The summed E-state index contributed by atoms with van der Waals surface area (Å²) in [5.74, 6) is 1.04. The van der Waals surface area contributed by atoms with Crippen molar-refractivity contribution in [1.29, 1.82) is 0 Å². The van der Waals surface area contributed by atoms with E-state index in [-0.39, 0.29) is 0 Å². The predicted molar refractivity (Wildman–Crippen MR) is 71.7 cm³/mol. The second-order valence-electron chi connectivity index (χ2n) is 5.39. The number of nitrogens with zero attached hydrogens (tertiary/aromatic N) is 4. The Morgan fingerprint density at radius 2 is 2.00 bits per heavy atom. The van der Waals surface area contributed by atoms with Gasteiger partial charge in [0.1, 0.15) is 6.54 Å². The first kappa shape index (κ1) is 13.7. The van der Waals surface area contributed by atoms with E-state index in [1.165, 1.54) is 5.56 Å². The molecule has 6 nitrogen and oxygen atoms in total. The molecule has 0 aliphatic carbocycles. The molecule has 0 aliphatic rings. The maximum atomic E-state index is 5.94. The minimum Gasteiger partial charge on any atom is -0.337 e. The molecule has 0 fully saturated rings. The van der Waals surface area contributed by atoms with Gasteiger partial charge >= 0.3 is 0 Å². The van der Waals surface area contributed by atoms with E-state index in [4.69, 9.17) is 10.3 Å². The minimum absolute atomic E-state index is 0.482. The molecule has 6 heteroatoms. The Morgan fingerprint density at radius 1 is 1.32 bits per heavy atom. The molecule has 2 rings (SSSR count). The van der Waals surface area contributed by atoms with Crippen molar-refractivity contribution in [2.24, 2.45) is 5.73 Å². The molecule has 0 radical (unpaired) electrons. The van der Waals surface area contributed by atoms with Crippen molar-refractivity contribution in [3.05, 3.63) is 28.7 Å². The lowest BCUT2D eigenvalue weighted by atomic mass is 10.1. The van der Waals surface area contributed by atoms with Crippen LogP contribution in [0.2, 0.25) is 0 Å². The summed E-state index contributed by atoms with van der Waals surface area (Å²) in [5, 5.41) is 8.42. The van der Waals surface area contributed by atoms with Gasteiger partial charge in [-0.05, 0) is 39.7 Å². The van der Waals surface area contributed by atoms with Crippen molar-refractivity contribution in [2.45, 2.75) is 53.1 Å². The van der Waals surface area contributed by atoms with E-state index < -0.39 is 5.54 Å². The average molecular weight is 263 g/mol. The molecule has 0 aliphatic heterocycles. The van der Waals surface area contributed by atoms with Gasteiger partial charge in [0.05, 0.1) is 11.2 Å². The quantitative estimate of drug-likeness (QED) is 0.907. The highest BCUT2D eigenvalue weighted by Crippen LogP contribution is 2.16. The number of rotatable bonds is 4. The number of hydrogen-bond acceptors (Lipinski definition) is 5. The second kappa shape index (κ2) is 4.77. The Balaban J connectivity index is 2.25. The Hall–Kier alpha value is -1.69. The van der Waals surface area contributed by atoms with E-state index in [0.29, 0.717) is 18.3 Å². The van der Waals surface area contributed by atoms with E-state index in [1.807, 2.05) is 25.5 Å². The fraction of sp³-hybridized carbons (Fsp3) is 0.615. The number of nitrogens with two attached hydrogens (primary N) is 1. The lowest BCUT2D eigenvalue weighted by Gasteiger charge is -2.11. The van der Waals surface area contributed by atoms with Crippen LogP contribution < -0.4 is 5.73 Å². The van der Waals surface area contributed by atoms with Gasteiger partial charge in [0.15, 0.2) is 5.82 Å². The first-order valence-corrected chi connectivity index (χ1v) is 6.47. The number of aryl methyl sites for hydroxylation is 1. The van der Waals surface area contributed by atoms with Crippen LogP contribution in [-0.4, -0.2) is 19.9 Å². The van der Waals surface area contributed by atoms with Crippen LogP contribution in [0.4, 0.5) is 0 Å². The fourth-order valence-electron chi connectivity index (χ4n) is 2.11. The summed E-state index contributed by atoms with van der Waals surface area (Å²) in [6.45, 7) is 10.4. The molecule has 2 aromatic heterocycles. The fourth-order valence-corrected chi connectivity index (χ4v) is 2.11. The summed E-state index contributed by atoms with van der Waals surface area (Å²) in [5.41, 5.74) is 8.82. The van der Waals surface area contributed by atoms with Crippen LogP contribution in [0.25, 0.3) is 0 Å². The van der Waals surface area contributed by atoms with Gasteiger partial charge in [-0.15, -0.1) is 0 Å². The molecular formula is C13H21N5O. The smallest absolute Gasteiger partial charge is 0.248 e. The predicted octanol–water partition coefficient (Wildman–Crippen LogP) is 1.69. The van der Waals surface area contributed by atoms with Crippen LogP contribution in [0.15, 0.2) is 4.52 Å². The van der Waals surface area contributed by atoms with Gasteiger partial charge < -0.3 is 10.3 Å². The first-order valence-electron chi connectivity index (χ1n) is 6.47. The molecule has 0 bridgehead atoms. The molecule has 0 saturated heterocycles. The molecule has 0 atom stereocenters. The lowest BCUT2D eigenvalue weighted by molar-refractivity contribution is 0.350. The second-order valence-corrected chi connectivity index (χ2v) is 5.39. The Bertz CT molecular complexity index is 576. The van der Waals surface area contributed by atoms with Crippen molar-refractivity contribution in [3.8, 4) is 0 Å². The minimum atomic E-state index is -0.592. The summed E-state index contributed by atoms with van der Waals surface area (Å²) in [6, 6.07) is 0. The normalized spacial score (nSPS) is 12.1. The maximum absolute atomic E-state index is 5.94. The van der Waals surface area contributed by atoms with Crippen LogP contribution in [-0.2, 0) is 18.5 Å². The van der Waals surface area contributed by atoms with E-state index in [1.54, 1.807) is 0 Å². The van der Waals surface area contributed by atoms with Crippen LogP contribution in [0, 0.1) is 13.8 Å². The van der Waals surface area contributed by atoms with Gasteiger partial charge in [0.25, 0.3) is 0 Å². The summed E-state index contributed by atoms with van der Waals surface area (Å²) in [6.07, 6.45) is 0.975. The highest BCUT2D eigenvalue weighted by Gasteiger charge is 2.22. The molecule has 0 spiro atoms. The zero-order chi connectivity index (χ0) is 14.2. The molecular weight excluding hydrogens is 242 g/mol. The van der Waals surface area contributed by atoms with Gasteiger partial charge in [-0.3, -0.25) is 4.68 Å². The maximum Gasteiger partial charge on any atom is 0.248 e. The van der Waals surface area contributed by atoms with E-state index in [0.717, 1.165) is 17.8 Å². The van der Waals surface area contributed by atoms with Crippen LogP contribution in [0.5, 0.6) is 0 Å². The summed E-state index contributed by atoms with van der Waals surface area (Å²) in [4.78, 5) is 4.32. The van der Waals surface area contributed by atoms with Crippen LogP contribution in [0.3, 0.4) is 0 Å². The van der Waals surface area contributed by atoms with Crippen LogP contribution >= 0.6 is 0 Å². The topological polar surface area (TPSA) is 82.8 Å². The third-order valence-electron chi connectivity index (χ3n) is 3.21. The number of hydrogen-bond donors (Lipinski definition) is 1. The largest absolute Gasteiger partial charge is 0.337 e. The Morgan fingerprint density at radius 3 is 2.47 bits per heavy atom. The SMILES string of the molecule is CCc1c(C)nn(Cc2nc(C(C)(C)N)no2)c1C. The molecule has 104 valence electrons. The summed E-state index contributed by atoms with van der Waals surface area (Å²) < 4.78 is 7.13. The van der Waals surface area contributed by atoms with Crippen molar-refractivity contribution in [3.63, 3.8) is 0 Å². The van der Waals surface area contributed by atoms with Gasteiger partial charge in [-0.2, -0.15) is 10.1 Å². The molecule has 2 N–H and O–H groups in total. The molecule has 2 heterocycles. The van der Waals surface area contributed by atoms with Gasteiger partial charge in [-0.25, -0.2) is 0 Å². The zero-order valence-electron chi connectivity index (χ0n) is 12.2. The van der Waals surface area contributed by atoms with E-state index in [9.17, 15) is 0 Å². The Kier molecular flexibility index (Phi) is 3.45. The van der Waals surface area contributed by atoms with Crippen LogP contribution in [0.1, 0.15) is 49.4 Å². The molecule has 19 heavy (non-hydrogen) atoms. The van der Waals surface area contributed by atoms with Gasteiger partial charge in [0, 0.05) is 5.69 Å². The van der Waals surface area contributed by atoms with E-state index in [2.05, 4.69) is 29.1 Å². The standard InChI is InChI=1S/C13H21N5O/c1-6-10-8(2)16-18(9(10)3)7-11-15-12(17-19-11)13(4,5)14/h6-7,14H2,1-5H3. The Labute approximate surface area is 113 Å². The van der Waals surface area contributed by atoms with Gasteiger partial charge in [0.2, 0.25) is 5.89 Å². The van der Waals surface area contributed by atoms with Crippen molar-refractivity contribution in [1.82, 2.24) is 19.9 Å². The van der Waals surface area contributed by atoms with Crippen molar-refractivity contribution < 1.29 is 4.52 Å². The average Bonchev–Trinajstić information content (AvgIpc) is 2.85. The van der Waals surface area contributed by atoms with Gasteiger partial charge in [-0.1, -0.05) is 12.1 Å². The lowest BCUT2D eigenvalue weighted by Crippen LogP contribution is -2.30. The highest BCUT2D eigenvalue weighted by molar-refractivity contribution is 5.24. The molecule has 0 saturated carbocycles. The third-order valence-corrected chi connectivity index (χ3v) is 3.21. The molecule has 0 amide bonds. The van der Waals surface area contributed by atoms with E-state index >= 15 is 0 Å². The first-order chi connectivity index (χ1) is 8.82. The monoisotopic (exact) mass is 263 g/mol. The number of aromatic nitrogens is 4.